The summed E-state index contributed by atoms with van der Waals surface area (Å²) in [7, 11) is -6.69. The number of hydrogen-bond donors (Lipinski definition) is 1. The van der Waals surface area contributed by atoms with Gasteiger partial charge in [-0.15, -0.1) is 5.10 Å². The molecule has 0 atom stereocenters. The molecule has 11 heteroatoms. The van der Waals surface area contributed by atoms with Gasteiger partial charge in [0.05, 0.1) is 27.2 Å². The van der Waals surface area contributed by atoms with E-state index in [9.17, 15) is 21.6 Å². The Morgan fingerprint density at radius 2 is 1.53 bits per heavy atom. The molecule has 0 bridgehead atoms. The number of rotatable bonds is 8. The van der Waals surface area contributed by atoms with Gasteiger partial charge in [-0.25, -0.2) is 16.8 Å². The Morgan fingerprint density at radius 1 is 0.938 bits per heavy atom. The van der Waals surface area contributed by atoms with Gasteiger partial charge in [0.15, 0.2) is 19.7 Å². The SMILES string of the molecule is CCS(=O)(=O)c1ccc(C(=O)Nc2nnc(Cc3ccc(S(=O)(=O)C(C)C)cc3)o2)cc1. The van der Waals surface area contributed by atoms with Gasteiger partial charge in [-0.05, 0) is 55.8 Å². The van der Waals surface area contributed by atoms with Crippen LogP contribution in [-0.4, -0.2) is 43.9 Å². The number of carbonyl (C=O) groups excluding carboxylic acids is 1. The lowest BCUT2D eigenvalue weighted by Gasteiger charge is -2.08. The highest BCUT2D eigenvalue weighted by atomic mass is 32.2. The lowest BCUT2D eigenvalue weighted by Crippen LogP contribution is -2.13. The molecule has 0 saturated heterocycles. The molecule has 0 spiro atoms. The van der Waals surface area contributed by atoms with Crippen molar-refractivity contribution in [2.24, 2.45) is 0 Å². The molecular formula is C21H23N3O6S2. The second-order valence-corrected chi connectivity index (χ2v) is 12.1. The molecule has 3 aromatic rings. The Hall–Kier alpha value is -3.05. The van der Waals surface area contributed by atoms with Gasteiger partial charge in [0.25, 0.3) is 5.91 Å². The van der Waals surface area contributed by atoms with E-state index in [2.05, 4.69) is 15.5 Å². The van der Waals surface area contributed by atoms with Crippen LogP contribution in [0, 0.1) is 0 Å². The molecule has 0 aliphatic carbocycles. The van der Waals surface area contributed by atoms with Gasteiger partial charge in [-0.3, -0.25) is 10.1 Å². The Morgan fingerprint density at radius 3 is 2.09 bits per heavy atom. The van der Waals surface area contributed by atoms with Crippen molar-refractivity contribution in [2.45, 2.75) is 42.2 Å². The van der Waals surface area contributed by atoms with Gasteiger partial charge in [-0.1, -0.05) is 24.2 Å². The van der Waals surface area contributed by atoms with Gasteiger partial charge in [0, 0.05) is 5.56 Å². The summed E-state index contributed by atoms with van der Waals surface area (Å²) in [5, 5.41) is 9.63. The highest BCUT2D eigenvalue weighted by molar-refractivity contribution is 7.92. The van der Waals surface area contributed by atoms with Crippen LogP contribution in [-0.2, 0) is 26.1 Å². The van der Waals surface area contributed by atoms with Crippen LogP contribution in [0.25, 0.3) is 0 Å². The molecule has 0 aliphatic heterocycles. The van der Waals surface area contributed by atoms with E-state index in [4.69, 9.17) is 4.42 Å². The molecule has 0 fully saturated rings. The number of benzene rings is 2. The number of hydrogen-bond acceptors (Lipinski definition) is 8. The number of amides is 1. The van der Waals surface area contributed by atoms with Crippen molar-refractivity contribution in [3.63, 3.8) is 0 Å². The van der Waals surface area contributed by atoms with Crippen molar-refractivity contribution in [3.8, 4) is 0 Å². The van der Waals surface area contributed by atoms with Crippen LogP contribution < -0.4 is 5.32 Å². The average molecular weight is 478 g/mol. The van der Waals surface area contributed by atoms with E-state index in [0.29, 0.717) is 0 Å². The minimum atomic E-state index is -3.35. The molecule has 1 amide bonds. The monoisotopic (exact) mass is 477 g/mol. The number of aromatic nitrogens is 2. The third-order valence-electron chi connectivity index (χ3n) is 4.77. The minimum Gasteiger partial charge on any atom is -0.407 e. The third-order valence-corrected chi connectivity index (χ3v) is 8.69. The maximum absolute atomic E-state index is 12.4. The second-order valence-electron chi connectivity index (χ2n) is 7.30. The van der Waals surface area contributed by atoms with E-state index < -0.39 is 30.8 Å². The highest BCUT2D eigenvalue weighted by Gasteiger charge is 2.19. The molecule has 9 nitrogen and oxygen atoms in total. The van der Waals surface area contributed by atoms with Gasteiger partial charge < -0.3 is 4.42 Å². The van der Waals surface area contributed by atoms with Gasteiger partial charge in [0.2, 0.25) is 5.89 Å². The van der Waals surface area contributed by atoms with Gasteiger partial charge >= 0.3 is 6.01 Å². The molecular weight excluding hydrogens is 454 g/mol. The van der Waals surface area contributed by atoms with Crippen molar-refractivity contribution in [1.29, 1.82) is 0 Å². The molecule has 1 N–H and O–H groups in total. The van der Waals surface area contributed by atoms with Crippen LogP contribution in [0.1, 0.15) is 42.6 Å². The predicted octanol–water partition coefficient (Wildman–Crippen LogP) is 2.89. The highest BCUT2D eigenvalue weighted by Crippen LogP contribution is 2.19. The molecule has 32 heavy (non-hydrogen) atoms. The van der Waals surface area contributed by atoms with Gasteiger partial charge in [0.1, 0.15) is 0 Å². The lowest BCUT2D eigenvalue weighted by atomic mass is 10.1. The van der Waals surface area contributed by atoms with Crippen LogP contribution in [0.4, 0.5) is 6.01 Å². The van der Waals surface area contributed by atoms with Crippen LogP contribution in [0.2, 0.25) is 0 Å². The Balaban J connectivity index is 1.65. The predicted molar refractivity (Wildman–Crippen MR) is 118 cm³/mol. The van der Waals surface area contributed by atoms with E-state index >= 15 is 0 Å². The minimum absolute atomic E-state index is 0.0282. The normalized spacial score (nSPS) is 12.1. The molecule has 0 unspecified atom stereocenters. The van der Waals surface area contributed by atoms with Crippen LogP contribution >= 0.6 is 0 Å². The summed E-state index contributed by atoms with van der Waals surface area (Å²) < 4.78 is 53.6. The summed E-state index contributed by atoms with van der Waals surface area (Å²) in [5.41, 5.74) is 1.00. The fourth-order valence-electron chi connectivity index (χ4n) is 2.77. The number of nitrogens with one attached hydrogen (secondary N) is 1. The molecule has 3 rings (SSSR count). The van der Waals surface area contributed by atoms with E-state index in [1.165, 1.54) is 36.4 Å². The Kier molecular flexibility index (Phi) is 6.79. The van der Waals surface area contributed by atoms with E-state index in [1.807, 2.05) is 0 Å². The first-order valence-corrected chi connectivity index (χ1v) is 13.0. The number of carbonyl (C=O) groups is 1. The number of anilines is 1. The van der Waals surface area contributed by atoms with Crippen LogP contribution in [0.3, 0.4) is 0 Å². The smallest absolute Gasteiger partial charge is 0.322 e. The average Bonchev–Trinajstić information content (AvgIpc) is 3.20. The fourth-order valence-corrected chi connectivity index (χ4v) is 4.71. The number of nitrogens with zero attached hydrogens (tertiary/aromatic N) is 2. The molecule has 1 heterocycles. The first-order chi connectivity index (χ1) is 15.0. The van der Waals surface area contributed by atoms with E-state index in [1.54, 1.807) is 32.9 Å². The maximum atomic E-state index is 12.4. The van der Waals surface area contributed by atoms with E-state index in [0.717, 1.165) is 5.56 Å². The zero-order valence-corrected chi connectivity index (χ0v) is 19.4. The molecule has 2 aromatic carbocycles. The van der Waals surface area contributed by atoms with Crippen molar-refractivity contribution >= 4 is 31.6 Å². The van der Waals surface area contributed by atoms with Gasteiger partial charge in [-0.2, -0.15) is 0 Å². The maximum Gasteiger partial charge on any atom is 0.322 e. The molecule has 0 radical (unpaired) electrons. The van der Waals surface area contributed by atoms with Crippen molar-refractivity contribution in [3.05, 3.63) is 65.5 Å². The summed E-state index contributed by atoms with van der Waals surface area (Å²) in [5.74, 6) is -0.312. The van der Waals surface area contributed by atoms with Crippen molar-refractivity contribution in [2.75, 3.05) is 11.1 Å². The van der Waals surface area contributed by atoms with E-state index in [-0.39, 0.29) is 39.4 Å². The summed E-state index contributed by atoms with van der Waals surface area (Å²) in [6.45, 7) is 4.79. The largest absolute Gasteiger partial charge is 0.407 e. The first-order valence-electron chi connectivity index (χ1n) is 9.82. The molecule has 0 aliphatic rings. The second kappa shape index (κ2) is 9.21. The van der Waals surface area contributed by atoms with Crippen molar-refractivity contribution < 1.29 is 26.0 Å². The zero-order chi connectivity index (χ0) is 23.5. The first kappa shape index (κ1) is 23.6. The number of sulfone groups is 2. The standard InChI is InChI=1S/C21H23N3O6S2/c1-4-31(26,27)17-11-7-16(8-12-17)20(25)22-21-24-23-19(30-21)13-15-5-9-18(10-6-15)32(28,29)14(2)3/h5-12,14H,4,13H2,1-3H3,(H,22,24,25). The molecule has 1 aromatic heterocycles. The molecule has 170 valence electrons. The fraction of sp³-hybridized carbons (Fsp3) is 0.286. The molecule has 0 saturated carbocycles. The Labute approximate surface area is 186 Å². The summed E-state index contributed by atoms with van der Waals surface area (Å²) in [4.78, 5) is 12.7. The summed E-state index contributed by atoms with van der Waals surface area (Å²) in [6.07, 6.45) is 0.258. The van der Waals surface area contributed by atoms with Crippen molar-refractivity contribution in [1.82, 2.24) is 10.2 Å². The summed E-state index contributed by atoms with van der Waals surface area (Å²) >= 11 is 0. The van der Waals surface area contributed by atoms with Crippen LogP contribution in [0.5, 0.6) is 0 Å². The summed E-state index contributed by atoms with van der Waals surface area (Å²) in [6, 6.07) is 11.9. The Bertz CT molecular complexity index is 1310. The van der Waals surface area contributed by atoms with Crippen LogP contribution in [0.15, 0.2) is 62.7 Å². The third kappa shape index (κ3) is 5.22. The zero-order valence-electron chi connectivity index (χ0n) is 17.8. The quantitative estimate of drug-likeness (QED) is 0.523. The topological polar surface area (TPSA) is 136 Å². The lowest BCUT2D eigenvalue weighted by molar-refractivity contribution is 0.102.